The standard InChI is InChI=1S/C8H13NO3S2/c1-5-9(7(10)4-13-2)6(3-14-5)8(11)12/h5-6H,3-4H2,1-2H3,(H,11,12). The highest BCUT2D eigenvalue weighted by molar-refractivity contribution is 8.00. The smallest absolute Gasteiger partial charge is 0.327 e. The summed E-state index contributed by atoms with van der Waals surface area (Å²) >= 11 is 2.93. The summed E-state index contributed by atoms with van der Waals surface area (Å²) in [5, 5.41) is 8.89. The summed E-state index contributed by atoms with van der Waals surface area (Å²) in [6, 6.07) is -0.644. The zero-order valence-electron chi connectivity index (χ0n) is 8.10. The van der Waals surface area contributed by atoms with Crippen LogP contribution in [0.1, 0.15) is 6.92 Å². The second-order valence-electron chi connectivity index (χ2n) is 3.02. The normalized spacial score (nSPS) is 26.6. The van der Waals surface area contributed by atoms with Gasteiger partial charge in [0.05, 0.1) is 11.1 Å². The molecule has 4 nitrogen and oxygen atoms in total. The molecule has 1 aliphatic heterocycles. The first kappa shape index (κ1) is 11.7. The van der Waals surface area contributed by atoms with E-state index < -0.39 is 12.0 Å². The molecule has 1 saturated heterocycles. The number of carbonyl (C=O) groups excluding carboxylic acids is 1. The van der Waals surface area contributed by atoms with Crippen LogP contribution in [-0.2, 0) is 9.59 Å². The van der Waals surface area contributed by atoms with Crippen molar-refractivity contribution in [3.63, 3.8) is 0 Å². The van der Waals surface area contributed by atoms with Crippen molar-refractivity contribution in [3.05, 3.63) is 0 Å². The first-order valence-electron chi connectivity index (χ1n) is 4.22. The van der Waals surface area contributed by atoms with Gasteiger partial charge < -0.3 is 10.0 Å². The second kappa shape index (κ2) is 4.93. The van der Waals surface area contributed by atoms with E-state index in [0.29, 0.717) is 11.5 Å². The van der Waals surface area contributed by atoms with Crippen LogP contribution < -0.4 is 0 Å². The zero-order chi connectivity index (χ0) is 10.7. The van der Waals surface area contributed by atoms with E-state index in [9.17, 15) is 9.59 Å². The Balaban J connectivity index is 2.71. The Morgan fingerprint density at radius 1 is 1.64 bits per heavy atom. The Labute approximate surface area is 91.4 Å². The minimum absolute atomic E-state index is 0.0178. The maximum Gasteiger partial charge on any atom is 0.327 e. The fraction of sp³-hybridized carbons (Fsp3) is 0.750. The quantitative estimate of drug-likeness (QED) is 0.781. The average Bonchev–Trinajstić information content (AvgIpc) is 2.47. The number of thioether (sulfide) groups is 2. The van der Waals surface area contributed by atoms with Crippen LogP contribution in [0, 0.1) is 0 Å². The van der Waals surface area contributed by atoms with E-state index in [2.05, 4.69) is 0 Å². The lowest BCUT2D eigenvalue weighted by Gasteiger charge is -2.24. The molecule has 0 radical (unpaired) electrons. The van der Waals surface area contributed by atoms with Crippen molar-refractivity contribution < 1.29 is 14.7 Å². The molecule has 0 bridgehead atoms. The van der Waals surface area contributed by atoms with E-state index >= 15 is 0 Å². The monoisotopic (exact) mass is 235 g/mol. The third-order valence-corrected chi connectivity index (χ3v) is 3.82. The molecule has 80 valence electrons. The first-order valence-corrected chi connectivity index (χ1v) is 6.66. The zero-order valence-corrected chi connectivity index (χ0v) is 9.73. The highest BCUT2D eigenvalue weighted by Crippen LogP contribution is 2.29. The predicted molar refractivity (Wildman–Crippen MR) is 58.6 cm³/mol. The first-order chi connectivity index (χ1) is 6.57. The molecule has 1 rings (SSSR count). The van der Waals surface area contributed by atoms with Gasteiger partial charge in [0.15, 0.2) is 0 Å². The molecule has 0 aromatic carbocycles. The molecule has 14 heavy (non-hydrogen) atoms. The van der Waals surface area contributed by atoms with E-state index in [-0.39, 0.29) is 11.3 Å². The molecule has 0 spiro atoms. The van der Waals surface area contributed by atoms with Gasteiger partial charge in [0.2, 0.25) is 5.91 Å². The number of carboxylic acids is 1. The van der Waals surface area contributed by atoms with E-state index in [0.717, 1.165) is 0 Å². The Morgan fingerprint density at radius 3 is 2.79 bits per heavy atom. The number of hydrogen-bond donors (Lipinski definition) is 1. The second-order valence-corrected chi connectivity index (χ2v) is 5.24. The van der Waals surface area contributed by atoms with Crippen LogP contribution in [0.2, 0.25) is 0 Å². The number of rotatable bonds is 3. The van der Waals surface area contributed by atoms with Crippen molar-refractivity contribution in [2.75, 3.05) is 17.8 Å². The van der Waals surface area contributed by atoms with Gasteiger partial charge in [0.1, 0.15) is 6.04 Å². The van der Waals surface area contributed by atoms with E-state index in [1.165, 1.54) is 28.4 Å². The summed E-state index contributed by atoms with van der Waals surface area (Å²) in [6.45, 7) is 1.87. The van der Waals surface area contributed by atoms with Crippen molar-refractivity contribution in [3.8, 4) is 0 Å². The number of hydrogen-bond acceptors (Lipinski definition) is 4. The maximum atomic E-state index is 11.6. The summed E-state index contributed by atoms with van der Waals surface area (Å²) in [5.74, 6) is -0.135. The van der Waals surface area contributed by atoms with Gasteiger partial charge in [-0.05, 0) is 13.2 Å². The van der Waals surface area contributed by atoms with Gasteiger partial charge in [-0.25, -0.2) is 4.79 Å². The van der Waals surface area contributed by atoms with Gasteiger partial charge in [0.25, 0.3) is 0 Å². The molecular formula is C8H13NO3S2. The summed E-state index contributed by atoms with van der Waals surface area (Å²) < 4.78 is 0. The molecule has 1 heterocycles. The van der Waals surface area contributed by atoms with Crippen molar-refractivity contribution >= 4 is 35.4 Å². The van der Waals surface area contributed by atoms with Gasteiger partial charge in [-0.1, -0.05) is 0 Å². The average molecular weight is 235 g/mol. The lowest BCUT2D eigenvalue weighted by atomic mass is 10.3. The van der Waals surface area contributed by atoms with E-state index in [1.54, 1.807) is 0 Å². The number of aliphatic carboxylic acids is 1. The minimum Gasteiger partial charge on any atom is -0.480 e. The number of nitrogens with zero attached hydrogens (tertiary/aromatic N) is 1. The Bertz CT molecular complexity index is 247. The highest BCUT2D eigenvalue weighted by Gasteiger charge is 2.38. The lowest BCUT2D eigenvalue weighted by molar-refractivity contribution is -0.147. The molecular weight excluding hydrogens is 222 g/mol. The molecule has 0 aliphatic carbocycles. The molecule has 1 fully saturated rings. The van der Waals surface area contributed by atoms with Gasteiger partial charge in [-0.15, -0.1) is 11.8 Å². The van der Waals surface area contributed by atoms with Gasteiger partial charge >= 0.3 is 5.97 Å². The molecule has 1 N–H and O–H groups in total. The van der Waals surface area contributed by atoms with Gasteiger partial charge in [-0.2, -0.15) is 11.8 Å². The van der Waals surface area contributed by atoms with Crippen LogP contribution in [0.3, 0.4) is 0 Å². The number of carbonyl (C=O) groups is 2. The third kappa shape index (κ3) is 2.36. The molecule has 2 atom stereocenters. The van der Waals surface area contributed by atoms with Crippen LogP contribution in [-0.4, -0.2) is 51.1 Å². The minimum atomic E-state index is -0.906. The molecule has 0 aromatic rings. The summed E-state index contributed by atoms with van der Waals surface area (Å²) in [4.78, 5) is 23.9. The summed E-state index contributed by atoms with van der Waals surface area (Å²) in [5.41, 5.74) is 0. The molecule has 0 aromatic heterocycles. The fourth-order valence-corrected chi connectivity index (χ4v) is 2.99. The van der Waals surface area contributed by atoms with E-state index in [1.807, 2.05) is 13.2 Å². The van der Waals surface area contributed by atoms with Crippen molar-refractivity contribution in [1.82, 2.24) is 4.90 Å². The summed E-state index contributed by atoms with van der Waals surface area (Å²) in [7, 11) is 0. The SMILES string of the molecule is CSCC(=O)N1C(C)SCC1C(=O)O. The van der Waals surface area contributed by atoms with Crippen molar-refractivity contribution in [2.45, 2.75) is 18.3 Å². The fourth-order valence-electron chi connectivity index (χ4n) is 1.41. The molecule has 1 aliphatic rings. The highest BCUT2D eigenvalue weighted by atomic mass is 32.2. The van der Waals surface area contributed by atoms with Gasteiger partial charge in [0, 0.05) is 5.75 Å². The van der Waals surface area contributed by atoms with Crippen LogP contribution in [0.15, 0.2) is 0 Å². The van der Waals surface area contributed by atoms with Crippen LogP contribution >= 0.6 is 23.5 Å². The van der Waals surface area contributed by atoms with Crippen LogP contribution in [0.5, 0.6) is 0 Å². The Hall–Kier alpha value is -0.360. The van der Waals surface area contributed by atoms with Crippen molar-refractivity contribution in [1.29, 1.82) is 0 Å². The molecule has 2 unspecified atom stereocenters. The lowest BCUT2D eigenvalue weighted by Crippen LogP contribution is -2.45. The molecule has 0 saturated carbocycles. The molecule has 1 amide bonds. The van der Waals surface area contributed by atoms with E-state index in [4.69, 9.17) is 5.11 Å². The predicted octanol–water partition coefficient (Wildman–Crippen LogP) is 0.724. The number of carboxylic acid groups (broad SMARTS) is 1. The van der Waals surface area contributed by atoms with Crippen LogP contribution in [0.25, 0.3) is 0 Å². The molecule has 6 heteroatoms. The number of amides is 1. The largest absolute Gasteiger partial charge is 0.480 e. The third-order valence-electron chi connectivity index (χ3n) is 2.06. The Morgan fingerprint density at radius 2 is 2.29 bits per heavy atom. The van der Waals surface area contributed by atoms with Crippen molar-refractivity contribution in [2.24, 2.45) is 0 Å². The summed E-state index contributed by atoms with van der Waals surface area (Å²) in [6.07, 6.45) is 1.83. The van der Waals surface area contributed by atoms with Crippen LogP contribution in [0.4, 0.5) is 0 Å². The maximum absolute atomic E-state index is 11.6. The topological polar surface area (TPSA) is 57.6 Å². The van der Waals surface area contributed by atoms with Gasteiger partial charge in [-0.3, -0.25) is 4.79 Å². The Kier molecular flexibility index (Phi) is 4.12.